The number of hydrogen-bond acceptors (Lipinski definition) is 1. The lowest BCUT2D eigenvalue weighted by Gasteiger charge is -2.12. The first-order chi connectivity index (χ1) is 5.65. The largest absolute Gasteiger partial charge is 0.356 e. The van der Waals surface area contributed by atoms with E-state index in [9.17, 15) is 4.79 Å². The number of halogens is 1. The molecule has 0 aliphatic heterocycles. The molecule has 0 aliphatic rings. The summed E-state index contributed by atoms with van der Waals surface area (Å²) in [5, 5.41) is 0.558. The molecular formula is C8H11ClN2O. The molecule has 1 rings (SSSR count). The van der Waals surface area contributed by atoms with Gasteiger partial charge in [-0.1, -0.05) is 11.6 Å². The lowest BCUT2D eigenvalue weighted by atomic mass is 10.4. The van der Waals surface area contributed by atoms with E-state index >= 15 is 0 Å². The van der Waals surface area contributed by atoms with Crippen molar-refractivity contribution in [3.05, 3.63) is 23.0 Å². The van der Waals surface area contributed by atoms with E-state index in [-0.39, 0.29) is 5.91 Å². The number of rotatable bonds is 2. The Morgan fingerprint density at radius 1 is 1.75 bits per heavy atom. The van der Waals surface area contributed by atoms with Crippen LogP contribution in [-0.4, -0.2) is 29.4 Å². The Bertz CT molecular complexity index is 282. The van der Waals surface area contributed by atoms with Gasteiger partial charge < -0.3 is 9.88 Å². The molecule has 1 heterocycles. The minimum Gasteiger partial charge on any atom is -0.356 e. The average Bonchev–Trinajstić information content (AvgIpc) is 2.49. The smallest absolute Gasteiger partial charge is 0.270 e. The molecule has 1 aromatic rings. The number of nitrogens with zero attached hydrogens (tertiary/aromatic N) is 1. The summed E-state index contributed by atoms with van der Waals surface area (Å²) >= 11 is 5.65. The zero-order chi connectivity index (χ0) is 9.14. The van der Waals surface area contributed by atoms with Gasteiger partial charge in [0.15, 0.2) is 0 Å². The van der Waals surface area contributed by atoms with Gasteiger partial charge in [-0.05, 0) is 13.0 Å². The first kappa shape index (κ1) is 9.13. The van der Waals surface area contributed by atoms with Crippen LogP contribution in [0.5, 0.6) is 0 Å². The quantitative estimate of drug-likeness (QED) is 0.751. The van der Waals surface area contributed by atoms with Crippen LogP contribution in [0.3, 0.4) is 0 Å². The fraction of sp³-hybridized carbons (Fsp3) is 0.375. The Labute approximate surface area is 76.3 Å². The van der Waals surface area contributed by atoms with Crippen LogP contribution in [0.2, 0.25) is 5.02 Å². The van der Waals surface area contributed by atoms with Crippen LogP contribution >= 0.6 is 11.6 Å². The lowest BCUT2D eigenvalue weighted by Crippen LogP contribution is -2.26. The highest BCUT2D eigenvalue weighted by molar-refractivity contribution is 6.30. The topological polar surface area (TPSA) is 36.1 Å². The zero-order valence-corrected chi connectivity index (χ0v) is 7.85. The third-order valence-corrected chi connectivity index (χ3v) is 1.92. The Hall–Kier alpha value is -0.960. The van der Waals surface area contributed by atoms with Crippen LogP contribution in [0.4, 0.5) is 0 Å². The van der Waals surface area contributed by atoms with Crippen molar-refractivity contribution in [1.29, 1.82) is 0 Å². The Morgan fingerprint density at radius 2 is 2.42 bits per heavy atom. The van der Waals surface area contributed by atoms with Gasteiger partial charge in [0, 0.05) is 19.8 Å². The molecule has 1 amide bonds. The van der Waals surface area contributed by atoms with Crippen LogP contribution in [0.15, 0.2) is 12.3 Å². The van der Waals surface area contributed by atoms with Crippen LogP contribution in [0.1, 0.15) is 17.4 Å². The molecule has 0 saturated heterocycles. The van der Waals surface area contributed by atoms with Crippen molar-refractivity contribution in [3.8, 4) is 0 Å². The number of amides is 1. The molecule has 12 heavy (non-hydrogen) atoms. The summed E-state index contributed by atoms with van der Waals surface area (Å²) < 4.78 is 0. The number of aromatic amines is 1. The second-order valence-corrected chi connectivity index (χ2v) is 2.99. The second-order valence-electron chi connectivity index (χ2n) is 2.55. The maximum Gasteiger partial charge on any atom is 0.270 e. The number of nitrogens with one attached hydrogen (secondary N) is 1. The van der Waals surface area contributed by atoms with Gasteiger partial charge >= 0.3 is 0 Å². The van der Waals surface area contributed by atoms with Crippen molar-refractivity contribution in [2.75, 3.05) is 13.6 Å². The van der Waals surface area contributed by atoms with E-state index in [4.69, 9.17) is 11.6 Å². The lowest BCUT2D eigenvalue weighted by molar-refractivity contribution is 0.0797. The van der Waals surface area contributed by atoms with E-state index < -0.39 is 0 Å². The van der Waals surface area contributed by atoms with E-state index in [1.807, 2.05) is 6.92 Å². The van der Waals surface area contributed by atoms with Gasteiger partial charge in [0.2, 0.25) is 0 Å². The molecular weight excluding hydrogens is 176 g/mol. The minimum absolute atomic E-state index is 0.0376. The van der Waals surface area contributed by atoms with Crippen molar-refractivity contribution in [2.45, 2.75) is 6.92 Å². The normalized spacial score (nSPS) is 9.92. The first-order valence-corrected chi connectivity index (χ1v) is 4.12. The van der Waals surface area contributed by atoms with E-state index in [0.717, 1.165) is 0 Å². The number of carbonyl (C=O) groups excluding carboxylic acids is 1. The highest BCUT2D eigenvalue weighted by Gasteiger charge is 2.10. The van der Waals surface area contributed by atoms with Crippen molar-refractivity contribution in [2.24, 2.45) is 0 Å². The highest BCUT2D eigenvalue weighted by atomic mass is 35.5. The fourth-order valence-corrected chi connectivity index (χ4v) is 1.00. The van der Waals surface area contributed by atoms with E-state index in [1.165, 1.54) is 0 Å². The SMILES string of the molecule is CCN(C)C(=O)c1cc(Cl)c[nH]1. The summed E-state index contributed by atoms with van der Waals surface area (Å²) in [6, 6.07) is 1.62. The van der Waals surface area contributed by atoms with Gasteiger partial charge in [-0.15, -0.1) is 0 Å². The van der Waals surface area contributed by atoms with Crippen LogP contribution < -0.4 is 0 Å². The summed E-state index contributed by atoms with van der Waals surface area (Å²) in [6.45, 7) is 2.61. The fourth-order valence-electron chi connectivity index (χ4n) is 0.841. The molecule has 0 unspecified atom stereocenters. The molecule has 1 N–H and O–H groups in total. The van der Waals surface area contributed by atoms with Gasteiger partial charge in [-0.2, -0.15) is 0 Å². The Kier molecular flexibility index (Phi) is 2.76. The summed E-state index contributed by atoms with van der Waals surface area (Å²) in [5.41, 5.74) is 0.532. The van der Waals surface area contributed by atoms with Crippen LogP contribution in [-0.2, 0) is 0 Å². The molecule has 0 atom stereocenters. The molecule has 3 nitrogen and oxygen atoms in total. The van der Waals surface area contributed by atoms with Crippen molar-refractivity contribution >= 4 is 17.5 Å². The molecule has 1 aromatic heterocycles. The van der Waals surface area contributed by atoms with Crippen molar-refractivity contribution in [1.82, 2.24) is 9.88 Å². The number of carbonyl (C=O) groups is 1. The predicted octanol–water partition coefficient (Wildman–Crippen LogP) is 1.76. The third kappa shape index (κ3) is 1.80. The minimum atomic E-state index is -0.0376. The van der Waals surface area contributed by atoms with Gasteiger partial charge in [0.05, 0.1) is 5.02 Å². The average molecular weight is 187 g/mol. The van der Waals surface area contributed by atoms with Gasteiger partial charge in [-0.3, -0.25) is 4.79 Å². The second kappa shape index (κ2) is 3.63. The molecule has 66 valence electrons. The summed E-state index contributed by atoms with van der Waals surface area (Å²) in [7, 11) is 1.75. The Balaban J connectivity index is 2.78. The molecule has 0 saturated carbocycles. The monoisotopic (exact) mass is 186 g/mol. The number of H-pyrrole nitrogens is 1. The van der Waals surface area contributed by atoms with Gasteiger partial charge in [-0.25, -0.2) is 0 Å². The molecule has 0 bridgehead atoms. The molecule has 0 radical (unpaired) electrons. The summed E-state index contributed by atoms with van der Waals surface area (Å²) in [6.07, 6.45) is 1.60. The van der Waals surface area contributed by atoms with Crippen molar-refractivity contribution < 1.29 is 4.79 Å². The third-order valence-electron chi connectivity index (χ3n) is 1.70. The Morgan fingerprint density at radius 3 is 2.83 bits per heavy atom. The summed E-state index contributed by atoms with van der Waals surface area (Å²) in [4.78, 5) is 15.8. The maximum atomic E-state index is 11.4. The van der Waals surface area contributed by atoms with E-state index in [0.29, 0.717) is 17.3 Å². The van der Waals surface area contributed by atoms with Crippen LogP contribution in [0, 0.1) is 0 Å². The standard InChI is InChI=1S/C8H11ClN2O/c1-3-11(2)8(12)7-4-6(9)5-10-7/h4-5,10H,3H2,1-2H3. The van der Waals surface area contributed by atoms with Crippen LogP contribution in [0.25, 0.3) is 0 Å². The van der Waals surface area contributed by atoms with Crippen molar-refractivity contribution in [3.63, 3.8) is 0 Å². The molecule has 0 spiro atoms. The molecule has 0 aliphatic carbocycles. The highest BCUT2D eigenvalue weighted by Crippen LogP contribution is 2.10. The summed E-state index contributed by atoms with van der Waals surface area (Å²) in [5.74, 6) is -0.0376. The molecule has 4 heteroatoms. The number of aromatic nitrogens is 1. The number of hydrogen-bond donors (Lipinski definition) is 1. The molecule has 0 aromatic carbocycles. The predicted molar refractivity (Wildman–Crippen MR) is 48.4 cm³/mol. The first-order valence-electron chi connectivity index (χ1n) is 3.74. The van der Waals surface area contributed by atoms with E-state index in [1.54, 1.807) is 24.2 Å². The van der Waals surface area contributed by atoms with Gasteiger partial charge in [0.25, 0.3) is 5.91 Å². The zero-order valence-electron chi connectivity index (χ0n) is 7.10. The maximum absolute atomic E-state index is 11.4. The van der Waals surface area contributed by atoms with Gasteiger partial charge in [0.1, 0.15) is 5.69 Å². The van der Waals surface area contributed by atoms with E-state index in [2.05, 4.69) is 4.98 Å². The molecule has 0 fully saturated rings.